The molecule has 5 heteroatoms. The van der Waals surface area contributed by atoms with E-state index in [1.165, 1.54) is 17.7 Å². The molecule has 134 valence electrons. The first-order valence-electron chi connectivity index (χ1n) is 9.16. The Balaban J connectivity index is 1.45. The lowest BCUT2D eigenvalue weighted by Crippen LogP contribution is -2.35. The van der Waals surface area contributed by atoms with Gasteiger partial charge in [-0.25, -0.2) is 4.39 Å². The molecule has 0 amide bonds. The van der Waals surface area contributed by atoms with E-state index in [-0.39, 0.29) is 5.82 Å². The molecule has 1 unspecified atom stereocenters. The summed E-state index contributed by atoms with van der Waals surface area (Å²) >= 11 is 0. The fourth-order valence-corrected chi connectivity index (χ4v) is 3.74. The van der Waals surface area contributed by atoms with Gasteiger partial charge in [-0.1, -0.05) is 42.5 Å². The molecule has 1 aliphatic rings. The summed E-state index contributed by atoms with van der Waals surface area (Å²) in [6.45, 7) is 3.69. The van der Waals surface area contributed by atoms with Crippen molar-refractivity contribution < 1.29 is 4.39 Å². The van der Waals surface area contributed by atoms with Crippen LogP contribution < -0.4 is 0 Å². The van der Waals surface area contributed by atoms with Crippen LogP contribution in [0.2, 0.25) is 0 Å². The van der Waals surface area contributed by atoms with Gasteiger partial charge in [0.25, 0.3) is 0 Å². The minimum Gasteiger partial charge on any atom is -0.313 e. The molecule has 1 aliphatic heterocycles. The molecule has 4 nitrogen and oxygen atoms in total. The zero-order valence-electron chi connectivity index (χ0n) is 14.8. The molecule has 0 aliphatic carbocycles. The standard InChI is InChI=1S/C21H23FN4/c22-20-10-8-18(9-11-20)13-25-12-4-7-19(15-25)21-24-23-16-26(21)14-17-5-2-1-3-6-17/h1-3,5-6,8-11,16,19H,4,7,12-15H2. The number of halogens is 1. The third kappa shape index (κ3) is 3.99. The van der Waals surface area contributed by atoms with Gasteiger partial charge in [-0.15, -0.1) is 10.2 Å². The van der Waals surface area contributed by atoms with Crippen molar-refractivity contribution in [2.24, 2.45) is 0 Å². The molecule has 2 aromatic carbocycles. The van der Waals surface area contributed by atoms with Gasteiger partial charge < -0.3 is 4.57 Å². The zero-order valence-corrected chi connectivity index (χ0v) is 14.8. The monoisotopic (exact) mass is 350 g/mol. The van der Waals surface area contributed by atoms with Crippen molar-refractivity contribution in [3.63, 3.8) is 0 Å². The normalized spacial score (nSPS) is 18.1. The summed E-state index contributed by atoms with van der Waals surface area (Å²) in [7, 11) is 0. The van der Waals surface area contributed by atoms with Crippen LogP contribution in [0.5, 0.6) is 0 Å². The second kappa shape index (κ2) is 7.79. The van der Waals surface area contributed by atoms with E-state index in [0.717, 1.165) is 50.4 Å². The molecule has 1 atom stereocenters. The average Bonchev–Trinajstić information content (AvgIpc) is 3.13. The second-order valence-electron chi connectivity index (χ2n) is 7.00. The molecule has 1 aromatic heterocycles. The molecule has 0 bridgehead atoms. The lowest BCUT2D eigenvalue weighted by Gasteiger charge is -2.32. The SMILES string of the molecule is Fc1ccc(CN2CCCC(c3nncn3Cc3ccccc3)C2)cc1. The predicted molar refractivity (Wildman–Crippen MR) is 99.2 cm³/mol. The van der Waals surface area contributed by atoms with Crippen molar-refractivity contribution in [1.29, 1.82) is 0 Å². The smallest absolute Gasteiger partial charge is 0.137 e. The van der Waals surface area contributed by atoms with E-state index in [1.54, 1.807) is 0 Å². The van der Waals surface area contributed by atoms with Crippen molar-refractivity contribution in [1.82, 2.24) is 19.7 Å². The van der Waals surface area contributed by atoms with Crippen LogP contribution in [0.25, 0.3) is 0 Å². The number of hydrogen-bond acceptors (Lipinski definition) is 3. The molecular weight excluding hydrogens is 327 g/mol. The van der Waals surface area contributed by atoms with Gasteiger partial charge in [0.05, 0.1) is 6.54 Å². The fourth-order valence-electron chi connectivity index (χ4n) is 3.74. The highest BCUT2D eigenvalue weighted by Crippen LogP contribution is 2.27. The van der Waals surface area contributed by atoms with Crippen molar-refractivity contribution in [2.45, 2.75) is 31.8 Å². The quantitative estimate of drug-likeness (QED) is 0.701. The Kier molecular flexibility index (Phi) is 5.07. The Morgan fingerprint density at radius 3 is 2.54 bits per heavy atom. The molecule has 4 rings (SSSR count). The van der Waals surface area contributed by atoms with Crippen molar-refractivity contribution >= 4 is 0 Å². The summed E-state index contributed by atoms with van der Waals surface area (Å²) in [5, 5.41) is 8.59. The maximum atomic E-state index is 13.1. The average molecular weight is 350 g/mol. The zero-order chi connectivity index (χ0) is 17.8. The highest BCUT2D eigenvalue weighted by molar-refractivity contribution is 5.17. The van der Waals surface area contributed by atoms with Crippen LogP contribution in [0, 0.1) is 5.82 Å². The molecule has 1 saturated heterocycles. The molecule has 26 heavy (non-hydrogen) atoms. The van der Waals surface area contributed by atoms with Gasteiger partial charge in [0, 0.05) is 19.0 Å². The van der Waals surface area contributed by atoms with E-state index in [2.05, 4.69) is 43.9 Å². The van der Waals surface area contributed by atoms with Gasteiger partial charge in [0.2, 0.25) is 0 Å². The van der Waals surface area contributed by atoms with Crippen LogP contribution in [0.15, 0.2) is 60.9 Å². The fraction of sp³-hybridized carbons (Fsp3) is 0.333. The highest BCUT2D eigenvalue weighted by Gasteiger charge is 2.25. The number of likely N-dealkylation sites (tertiary alicyclic amines) is 1. The van der Waals surface area contributed by atoms with Crippen LogP contribution in [0.1, 0.15) is 35.7 Å². The first-order chi connectivity index (χ1) is 12.8. The topological polar surface area (TPSA) is 34.0 Å². The van der Waals surface area contributed by atoms with Crippen molar-refractivity contribution in [2.75, 3.05) is 13.1 Å². The van der Waals surface area contributed by atoms with Gasteiger partial charge >= 0.3 is 0 Å². The van der Waals surface area contributed by atoms with Gasteiger partial charge in [-0.2, -0.15) is 0 Å². The van der Waals surface area contributed by atoms with E-state index in [9.17, 15) is 4.39 Å². The molecule has 0 N–H and O–H groups in total. The van der Waals surface area contributed by atoms with Gasteiger partial charge in [0.1, 0.15) is 18.0 Å². The van der Waals surface area contributed by atoms with Crippen LogP contribution in [-0.4, -0.2) is 32.8 Å². The second-order valence-corrected chi connectivity index (χ2v) is 7.00. The Bertz CT molecular complexity index is 829. The third-order valence-electron chi connectivity index (χ3n) is 5.03. The lowest BCUT2D eigenvalue weighted by atomic mass is 9.96. The van der Waals surface area contributed by atoms with E-state index in [0.29, 0.717) is 5.92 Å². The van der Waals surface area contributed by atoms with Crippen LogP contribution in [0.4, 0.5) is 4.39 Å². The molecular formula is C21H23FN4. The van der Waals surface area contributed by atoms with Crippen LogP contribution in [0.3, 0.4) is 0 Å². The Morgan fingerprint density at radius 2 is 1.73 bits per heavy atom. The number of piperidine rings is 1. The molecule has 0 radical (unpaired) electrons. The van der Waals surface area contributed by atoms with Gasteiger partial charge in [-0.3, -0.25) is 4.90 Å². The number of aromatic nitrogens is 3. The summed E-state index contributed by atoms with van der Waals surface area (Å²) < 4.78 is 15.3. The number of hydrogen-bond donors (Lipinski definition) is 0. The summed E-state index contributed by atoms with van der Waals surface area (Å²) in [6.07, 6.45) is 4.11. The minimum absolute atomic E-state index is 0.181. The first kappa shape index (κ1) is 16.9. The predicted octanol–water partition coefficient (Wildman–Crippen LogP) is 3.85. The summed E-state index contributed by atoms with van der Waals surface area (Å²) in [5.41, 5.74) is 2.41. The van der Waals surface area contributed by atoms with E-state index in [4.69, 9.17) is 0 Å². The van der Waals surface area contributed by atoms with Crippen LogP contribution in [-0.2, 0) is 13.1 Å². The maximum absolute atomic E-state index is 13.1. The van der Waals surface area contributed by atoms with Gasteiger partial charge in [-0.05, 0) is 42.6 Å². The van der Waals surface area contributed by atoms with Crippen molar-refractivity contribution in [3.05, 3.63) is 83.7 Å². The lowest BCUT2D eigenvalue weighted by molar-refractivity contribution is 0.194. The van der Waals surface area contributed by atoms with Gasteiger partial charge in [0.15, 0.2) is 0 Å². The number of benzene rings is 2. The van der Waals surface area contributed by atoms with Crippen molar-refractivity contribution in [3.8, 4) is 0 Å². The van der Waals surface area contributed by atoms with E-state index >= 15 is 0 Å². The number of nitrogens with zero attached hydrogens (tertiary/aromatic N) is 4. The van der Waals surface area contributed by atoms with E-state index in [1.807, 2.05) is 24.5 Å². The molecule has 0 saturated carbocycles. The maximum Gasteiger partial charge on any atom is 0.137 e. The van der Waals surface area contributed by atoms with E-state index < -0.39 is 0 Å². The molecule has 0 spiro atoms. The third-order valence-corrected chi connectivity index (χ3v) is 5.03. The Hall–Kier alpha value is -2.53. The summed E-state index contributed by atoms with van der Waals surface area (Å²) in [6, 6.07) is 17.2. The molecule has 2 heterocycles. The molecule has 1 fully saturated rings. The Labute approximate surface area is 153 Å². The minimum atomic E-state index is -0.181. The highest BCUT2D eigenvalue weighted by atomic mass is 19.1. The number of rotatable bonds is 5. The van der Waals surface area contributed by atoms with Crippen LogP contribution >= 0.6 is 0 Å². The Morgan fingerprint density at radius 1 is 0.962 bits per heavy atom. The summed E-state index contributed by atoms with van der Waals surface area (Å²) in [5.74, 6) is 1.27. The summed E-state index contributed by atoms with van der Waals surface area (Å²) in [4.78, 5) is 2.43. The molecule has 3 aromatic rings. The largest absolute Gasteiger partial charge is 0.313 e. The first-order valence-corrected chi connectivity index (χ1v) is 9.16.